The van der Waals surface area contributed by atoms with E-state index in [1.54, 1.807) is 42.5 Å². The van der Waals surface area contributed by atoms with Crippen molar-refractivity contribution in [2.45, 2.75) is 0 Å². The molecule has 2 aromatic carbocycles. The number of hydrogen-bond acceptors (Lipinski definition) is 5. The van der Waals surface area contributed by atoms with Crippen molar-refractivity contribution in [2.24, 2.45) is 10.7 Å². The number of aliphatic imine (C=N–C) groups is 1. The number of benzene rings is 2. The smallest absolute Gasteiger partial charge is 0.286 e. The fourth-order valence-corrected chi connectivity index (χ4v) is 3.59. The summed E-state index contributed by atoms with van der Waals surface area (Å²) in [6, 6.07) is 9.99. The fourth-order valence-electron chi connectivity index (χ4n) is 2.24. The van der Waals surface area contributed by atoms with Gasteiger partial charge in [-0.1, -0.05) is 39.1 Å². The number of nitrogens with zero attached hydrogens (tertiary/aromatic N) is 1. The monoisotopic (exact) mass is 499 g/mol. The highest BCUT2D eigenvalue weighted by Crippen LogP contribution is 2.31. The van der Waals surface area contributed by atoms with Gasteiger partial charge in [-0.3, -0.25) is 9.59 Å². The Morgan fingerprint density at radius 2 is 2.04 bits per heavy atom. The molecule has 1 aliphatic rings. The van der Waals surface area contributed by atoms with Gasteiger partial charge in [0.25, 0.3) is 11.8 Å². The summed E-state index contributed by atoms with van der Waals surface area (Å²) in [4.78, 5) is 28.0. The molecule has 0 spiro atoms. The number of thioether (sulfide) groups is 1. The zero-order valence-corrected chi connectivity index (χ0v) is 18.0. The van der Waals surface area contributed by atoms with Crippen LogP contribution in [0.15, 0.2) is 50.8 Å². The second-order valence-electron chi connectivity index (χ2n) is 5.51. The third-order valence-electron chi connectivity index (χ3n) is 3.46. The summed E-state index contributed by atoms with van der Waals surface area (Å²) < 4.78 is 6.41. The number of carbonyl (C=O) groups excluding carboxylic acids is 2. The van der Waals surface area contributed by atoms with Crippen LogP contribution in [0.5, 0.6) is 5.75 Å². The van der Waals surface area contributed by atoms with Crippen LogP contribution >= 0.6 is 50.9 Å². The maximum Gasteiger partial charge on any atom is 0.286 e. The molecule has 3 rings (SSSR count). The number of amides is 2. The number of amidine groups is 1. The number of carbonyl (C=O) groups is 2. The van der Waals surface area contributed by atoms with Gasteiger partial charge in [-0.05, 0) is 54.2 Å². The van der Waals surface area contributed by atoms with E-state index in [1.807, 2.05) is 0 Å². The Bertz CT molecular complexity index is 1030. The van der Waals surface area contributed by atoms with E-state index in [0.717, 1.165) is 16.2 Å². The molecule has 3 N–H and O–H groups in total. The van der Waals surface area contributed by atoms with Crippen molar-refractivity contribution < 1.29 is 14.3 Å². The molecule has 2 aromatic rings. The van der Waals surface area contributed by atoms with Crippen molar-refractivity contribution in [3.05, 3.63) is 61.4 Å². The van der Waals surface area contributed by atoms with Crippen LogP contribution in [0.3, 0.4) is 0 Å². The number of anilines is 1. The predicted octanol–water partition coefficient (Wildman–Crippen LogP) is 4.70. The van der Waals surface area contributed by atoms with Crippen LogP contribution in [0.25, 0.3) is 6.08 Å². The third kappa shape index (κ3) is 5.29. The Morgan fingerprint density at radius 1 is 1.25 bits per heavy atom. The second-order valence-corrected chi connectivity index (χ2v) is 8.31. The van der Waals surface area contributed by atoms with Crippen molar-refractivity contribution in [3.63, 3.8) is 0 Å². The lowest BCUT2D eigenvalue weighted by atomic mass is 10.2. The number of rotatable bonds is 5. The minimum Gasteiger partial charge on any atom is -0.483 e. The van der Waals surface area contributed by atoms with E-state index in [1.165, 1.54) is 0 Å². The lowest BCUT2D eigenvalue weighted by Gasteiger charge is -2.11. The van der Waals surface area contributed by atoms with Crippen molar-refractivity contribution >= 4 is 79.6 Å². The molecular formula is C18H12BrCl2N3O3S. The normalized spacial score (nSPS) is 14.9. The summed E-state index contributed by atoms with van der Waals surface area (Å²) in [6.45, 7) is -0.238. The van der Waals surface area contributed by atoms with Gasteiger partial charge in [-0.2, -0.15) is 4.99 Å². The van der Waals surface area contributed by atoms with Crippen LogP contribution in [0.1, 0.15) is 5.56 Å². The molecule has 28 heavy (non-hydrogen) atoms. The van der Waals surface area contributed by atoms with Crippen molar-refractivity contribution in [2.75, 3.05) is 11.9 Å². The van der Waals surface area contributed by atoms with E-state index in [2.05, 4.69) is 26.2 Å². The minimum absolute atomic E-state index is 0.190. The summed E-state index contributed by atoms with van der Waals surface area (Å²) in [5, 5.41) is 3.59. The van der Waals surface area contributed by atoms with Crippen LogP contribution in [0.2, 0.25) is 10.0 Å². The largest absolute Gasteiger partial charge is 0.483 e. The Labute approximate surface area is 183 Å². The first-order valence-electron chi connectivity index (χ1n) is 7.77. The molecule has 6 nitrogen and oxygen atoms in total. The average molecular weight is 501 g/mol. The second kappa shape index (κ2) is 9.00. The van der Waals surface area contributed by atoms with Crippen molar-refractivity contribution in [1.29, 1.82) is 0 Å². The molecule has 0 atom stereocenters. The SMILES string of the molecule is NC1=NC(=O)/C(=C/c2cc(Br)ccc2OCC(=O)Nc2ccc(Cl)c(Cl)c2)S1. The molecular weight excluding hydrogens is 489 g/mol. The van der Waals surface area contributed by atoms with E-state index >= 15 is 0 Å². The van der Waals surface area contributed by atoms with Gasteiger partial charge in [0.2, 0.25) is 0 Å². The van der Waals surface area contributed by atoms with E-state index in [4.69, 9.17) is 33.7 Å². The molecule has 10 heteroatoms. The first-order valence-corrected chi connectivity index (χ1v) is 10.1. The van der Waals surface area contributed by atoms with Crippen LogP contribution in [0, 0.1) is 0 Å². The molecule has 0 aliphatic carbocycles. The van der Waals surface area contributed by atoms with E-state index in [0.29, 0.717) is 32.0 Å². The molecule has 1 aliphatic heterocycles. The van der Waals surface area contributed by atoms with Gasteiger partial charge >= 0.3 is 0 Å². The summed E-state index contributed by atoms with van der Waals surface area (Å²) in [6.07, 6.45) is 1.62. The van der Waals surface area contributed by atoms with E-state index < -0.39 is 5.91 Å². The summed E-state index contributed by atoms with van der Waals surface area (Å²) in [7, 11) is 0. The number of nitrogens with two attached hydrogens (primary N) is 1. The predicted molar refractivity (Wildman–Crippen MR) is 117 cm³/mol. The lowest BCUT2D eigenvalue weighted by Crippen LogP contribution is -2.20. The quantitative estimate of drug-likeness (QED) is 0.580. The zero-order valence-electron chi connectivity index (χ0n) is 14.0. The highest BCUT2D eigenvalue weighted by Gasteiger charge is 2.20. The van der Waals surface area contributed by atoms with Crippen LogP contribution < -0.4 is 15.8 Å². The number of nitrogens with one attached hydrogen (secondary N) is 1. The maximum absolute atomic E-state index is 12.2. The summed E-state index contributed by atoms with van der Waals surface area (Å²) >= 11 is 16.2. The lowest BCUT2D eigenvalue weighted by molar-refractivity contribution is -0.118. The molecule has 0 fully saturated rings. The van der Waals surface area contributed by atoms with E-state index in [9.17, 15) is 9.59 Å². The standard InChI is InChI=1S/C18H12BrCl2N3O3S/c19-10-1-4-14(9(5-10)6-15-17(26)24-18(22)28-15)27-8-16(25)23-11-2-3-12(20)13(21)7-11/h1-7H,8H2,(H,23,25)(H2,22,24,26)/b15-6-. The Morgan fingerprint density at radius 3 is 2.71 bits per heavy atom. The fraction of sp³-hybridized carbons (Fsp3) is 0.0556. The molecule has 0 saturated carbocycles. The van der Waals surface area contributed by atoms with Gasteiger partial charge in [-0.25, -0.2) is 0 Å². The molecule has 2 amide bonds. The molecule has 144 valence electrons. The van der Waals surface area contributed by atoms with Crippen LogP contribution in [-0.4, -0.2) is 23.6 Å². The van der Waals surface area contributed by atoms with Gasteiger partial charge in [-0.15, -0.1) is 0 Å². The van der Waals surface area contributed by atoms with Gasteiger partial charge in [0.05, 0.1) is 15.0 Å². The maximum atomic E-state index is 12.2. The zero-order chi connectivity index (χ0) is 20.3. The first-order chi connectivity index (χ1) is 13.3. The molecule has 0 radical (unpaired) electrons. The Hall–Kier alpha value is -2.00. The highest BCUT2D eigenvalue weighted by molar-refractivity contribution is 9.10. The number of ether oxygens (including phenoxy) is 1. The third-order valence-corrected chi connectivity index (χ3v) is 5.50. The molecule has 0 unspecified atom stereocenters. The van der Waals surface area contributed by atoms with Crippen molar-refractivity contribution in [3.8, 4) is 5.75 Å². The molecule has 0 bridgehead atoms. The Balaban J connectivity index is 1.70. The number of halogens is 3. The van der Waals surface area contributed by atoms with Crippen LogP contribution in [0.4, 0.5) is 5.69 Å². The van der Waals surface area contributed by atoms with Crippen molar-refractivity contribution in [1.82, 2.24) is 0 Å². The summed E-state index contributed by atoms with van der Waals surface area (Å²) in [5.41, 5.74) is 6.68. The van der Waals surface area contributed by atoms with Gasteiger partial charge in [0.1, 0.15) is 5.75 Å². The first kappa shape index (κ1) is 20.7. The molecule has 0 aromatic heterocycles. The highest BCUT2D eigenvalue weighted by atomic mass is 79.9. The number of hydrogen-bond donors (Lipinski definition) is 2. The van der Waals surface area contributed by atoms with Gasteiger partial charge in [0, 0.05) is 15.7 Å². The van der Waals surface area contributed by atoms with Gasteiger partial charge in [0.15, 0.2) is 11.8 Å². The van der Waals surface area contributed by atoms with Gasteiger partial charge < -0.3 is 15.8 Å². The average Bonchev–Trinajstić information content (AvgIpc) is 2.94. The molecule has 1 heterocycles. The Kier molecular flexibility index (Phi) is 6.66. The molecule has 0 saturated heterocycles. The minimum atomic E-state index is -0.411. The van der Waals surface area contributed by atoms with Crippen LogP contribution in [-0.2, 0) is 9.59 Å². The van der Waals surface area contributed by atoms with E-state index in [-0.39, 0.29) is 17.7 Å². The topological polar surface area (TPSA) is 93.8 Å². The summed E-state index contributed by atoms with van der Waals surface area (Å²) in [5.74, 6) is -0.358.